The predicted molar refractivity (Wildman–Crippen MR) is 122 cm³/mol. The van der Waals surface area contributed by atoms with Crippen molar-refractivity contribution in [2.45, 2.75) is 19.0 Å². The van der Waals surface area contributed by atoms with Gasteiger partial charge in [-0.1, -0.05) is 71.9 Å². The molecule has 0 atom stereocenters. The zero-order valence-electron chi connectivity index (χ0n) is 16.9. The molecule has 1 aromatic heterocycles. The highest BCUT2D eigenvalue weighted by Gasteiger charge is 2.17. The molecule has 0 aliphatic carbocycles. The largest absolute Gasteiger partial charge is 0.325 e. The van der Waals surface area contributed by atoms with Crippen LogP contribution in [0.3, 0.4) is 0 Å². The molecule has 4 rings (SSSR count). The van der Waals surface area contributed by atoms with Gasteiger partial charge in [0.2, 0.25) is 5.91 Å². The van der Waals surface area contributed by atoms with E-state index in [0.29, 0.717) is 5.16 Å². The van der Waals surface area contributed by atoms with Crippen LogP contribution in [-0.2, 0) is 4.79 Å². The Kier molecular flexibility index (Phi) is 5.95. The smallest absolute Gasteiger partial charge is 0.234 e. The molecule has 0 aliphatic rings. The van der Waals surface area contributed by atoms with Crippen LogP contribution in [0.25, 0.3) is 17.1 Å². The van der Waals surface area contributed by atoms with Crippen LogP contribution in [0.5, 0.6) is 0 Å². The normalized spacial score (nSPS) is 10.7. The summed E-state index contributed by atoms with van der Waals surface area (Å²) in [5.41, 5.74) is 4.96. The van der Waals surface area contributed by atoms with Crippen molar-refractivity contribution in [1.29, 1.82) is 0 Å². The molecule has 0 radical (unpaired) electrons. The fourth-order valence-corrected chi connectivity index (χ4v) is 3.93. The van der Waals surface area contributed by atoms with Gasteiger partial charge in [0, 0.05) is 16.9 Å². The first kappa shape index (κ1) is 19.9. The van der Waals surface area contributed by atoms with Crippen molar-refractivity contribution < 1.29 is 4.79 Å². The minimum Gasteiger partial charge on any atom is -0.325 e. The standard InChI is InChI=1S/C24H22N4OS/c1-17-9-8-11-19(15-17)23-26-27-24(28(23)20-12-4-3-5-13-20)30-16-22(29)25-21-14-7-6-10-18(21)2/h3-15H,16H2,1-2H3,(H,25,29). The average Bonchev–Trinajstić information content (AvgIpc) is 3.18. The summed E-state index contributed by atoms with van der Waals surface area (Å²) in [4.78, 5) is 12.5. The summed E-state index contributed by atoms with van der Waals surface area (Å²) in [6, 6.07) is 25.9. The number of nitrogens with one attached hydrogen (secondary N) is 1. The van der Waals surface area contributed by atoms with Crippen LogP contribution in [0.15, 0.2) is 84.0 Å². The van der Waals surface area contributed by atoms with E-state index in [4.69, 9.17) is 0 Å². The highest BCUT2D eigenvalue weighted by atomic mass is 32.2. The maximum absolute atomic E-state index is 12.5. The third-order valence-corrected chi connectivity index (χ3v) is 5.60. The van der Waals surface area contributed by atoms with E-state index in [1.807, 2.05) is 78.2 Å². The molecule has 6 heteroatoms. The number of anilines is 1. The van der Waals surface area contributed by atoms with Gasteiger partial charge in [0.25, 0.3) is 0 Å². The number of rotatable bonds is 6. The lowest BCUT2D eigenvalue weighted by Gasteiger charge is -2.11. The number of hydrogen-bond acceptors (Lipinski definition) is 4. The Morgan fingerprint density at radius 2 is 1.70 bits per heavy atom. The van der Waals surface area contributed by atoms with E-state index in [1.54, 1.807) is 0 Å². The van der Waals surface area contributed by atoms with Crippen LogP contribution < -0.4 is 5.32 Å². The molecule has 150 valence electrons. The summed E-state index contributed by atoms with van der Waals surface area (Å²) in [5, 5.41) is 12.5. The van der Waals surface area contributed by atoms with Crippen LogP contribution >= 0.6 is 11.8 Å². The van der Waals surface area contributed by atoms with Crippen molar-refractivity contribution in [2.24, 2.45) is 0 Å². The Morgan fingerprint density at radius 1 is 0.933 bits per heavy atom. The van der Waals surface area contributed by atoms with Crippen LogP contribution in [0.1, 0.15) is 11.1 Å². The average molecular weight is 415 g/mol. The number of para-hydroxylation sites is 2. The highest BCUT2D eigenvalue weighted by molar-refractivity contribution is 7.99. The minimum absolute atomic E-state index is 0.0750. The third-order valence-electron chi connectivity index (χ3n) is 4.68. The number of aryl methyl sites for hydroxylation is 2. The van der Waals surface area contributed by atoms with Gasteiger partial charge in [-0.25, -0.2) is 0 Å². The molecule has 4 aromatic rings. The van der Waals surface area contributed by atoms with Crippen molar-refractivity contribution in [3.8, 4) is 17.1 Å². The number of aromatic nitrogens is 3. The number of amides is 1. The number of nitrogens with zero attached hydrogens (tertiary/aromatic N) is 3. The summed E-state index contributed by atoms with van der Waals surface area (Å²) in [6.45, 7) is 4.03. The van der Waals surface area contributed by atoms with E-state index in [2.05, 4.69) is 34.6 Å². The van der Waals surface area contributed by atoms with Gasteiger partial charge in [-0.05, 0) is 43.7 Å². The second-order valence-electron chi connectivity index (χ2n) is 7.00. The van der Waals surface area contributed by atoms with E-state index in [-0.39, 0.29) is 11.7 Å². The van der Waals surface area contributed by atoms with Gasteiger partial charge < -0.3 is 5.32 Å². The van der Waals surface area contributed by atoms with Gasteiger partial charge >= 0.3 is 0 Å². The summed E-state index contributed by atoms with van der Waals surface area (Å²) in [7, 11) is 0. The minimum atomic E-state index is -0.0750. The van der Waals surface area contributed by atoms with E-state index in [1.165, 1.54) is 11.8 Å². The Bertz CT molecular complexity index is 1170. The van der Waals surface area contributed by atoms with Gasteiger partial charge in [0.05, 0.1) is 5.75 Å². The molecule has 0 spiro atoms. The first-order chi connectivity index (χ1) is 14.6. The van der Waals surface area contributed by atoms with E-state index >= 15 is 0 Å². The van der Waals surface area contributed by atoms with Crippen LogP contribution in [0.4, 0.5) is 5.69 Å². The molecule has 0 bridgehead atoms. The molecular formula is C24H22N4OS. The highest BCUT2D eigenvalue weighted by Crippen LogP contribution is 2.28. The topological polar surface area (TPSA) is 59.8 Å². The second kappa shape index (κ2) is 8.97. The molecule has 3 aromatic carbocycles. The molecular weight excluding hydrogens is 392 g/mol. The van der Waals surface area contributed by atoms with Gasteiger partial charge in [-0.15, -0.1) is 10.2 Å². The first-order valence-corrected chi connectivity index (χ1v) is 10.7. The molecule has 0 fully saturated rings. The van der Waals surface area contributed by atoms with Crippen LogP contribution in [0, 0.1) is 13.8 Å². The fraction of sp³-hybridized carbons (Fsp3) is 0.125. The van der Waals surface area contributed by atoms with Gasteiger partial charge in [0.1, 0.15) is 0 Å². The zero-order chi connectivity index (χ0) is 20.9. The van der Waals surface area contributed by atoms with Crippen molar-refractivity contribution in [3.05, 3.63) is 90.0 Å². The first-order valence-electron chi connectivity index (χ1n) is 9.68. The maximum Gasteiger partial charge on any atom is 0.234 e. The molecule has 0 saturated carbocycles. The Labute approximate surface area is 180 Å². The number of carbonyl (C=O) groups excluding carboxylic acids is 1. The monoisotopic (exact) mass is 414 g/mol. The van der Waals surface area contributed by atoms with Crippen molar-refractivity contribution >= 4 is 23.4 Å². The molecule has 5 nitrogen and oxygen atoms in total. The second-order valence-corrected chi connectivity index (χ2v) is 7.94. The van der Waals surface area contributed by atoms with Crippen LogP contribution in [0.2, 0.25) is 0 Å². The summed E-state index contributed by atoms with van der Waals surface area (Å²) < 4.78 is 2.00. The summed E-state index contributed by atoms with van der Waals surface area (Å²) in [6.07, 6.45) is 0. The quantitative estimate of drug-likeness (QED) is 0.436. The maximum atomic E-state index is 12.5. The predicted octanol–water partition coefficient (Wildman–Crippen LogP) is 5.28. The Hall–Kier alpha value is -3.38. The van der Waals surface area contributed by atoms with Gasteiger partial charge in [0.15, 0.2) is 11.0 Å². The lowest BCUT2D eigenvalue weighted by molar-refractivity contribution is -0.113. The lowest BCUT2D eigenvalue weighted by atomic mass is 10.1. The third kappa shape index (κ3) is 4.44. The van der Waals surface area contributed by atoms with Crippen LogP contribution in [-0.4, -0.2) is 26.4 Å². The summed E-state index contributed by atoms with van der Waals surface area (Å²) >= 11 is 1.37. The fourth-order valence-electron chi connectivity index (χ4n) is 3.17. The summed E-state index contributed by atoms with van der Waals surface area (Å²) in [5.74, 6) is 0.924. The van der Waals surface area contributed by atoms with Crippen molar-refractivity contribution in [2.75, 3.05) is 11.1 Å². The number of benzene rings is 3. The zero-order valence-corrected chi connectivity index (χ0v) is 17.7. The SMILES string of the molecule is Cc1cccc(-c2nnc(SCC(=O)Nc3ccccc3C)n2-c2ccccc2)c1. The molecule has 1 N–H and O–H groups in total. The molecule has 0 aliphatic heterocycles. The van der Waals surface area contributed by atoms with E-state index in [9.17, 15) is 4.79 Å². The number of thioether (sulfide) groups is 1. The Morgan fingerprint density at radius 3 is 2.47 bits per heavy atom. The van der Waals surface area contributed by atoms with E-state index in [0.717, 1.165) is 33.9 Å². The lowest BCUT2D eigenvalue weighted by Crippen LogP contribution is -2.15. The Balaban J connectivity index is 1.60. The molecule has 1 amide bonds. The molecule has 0 saturated heterocycles. The molecule has 30 heavy (non-hydrogen) atoms. The number of hydrogen-bond donors (Lipinski definition) is 1. The molecule has 0 unspecified atom stereocenters. The van der Waals surface area contributed by atoms with Gasteiger partial charge in [-0.3, -0.25) is 9.36 Å². The van der Waals surface area contributed by atoms with Crippen molar-refractivity contribution in [3.63, 3.8) is 0 Å². The van der Waals surface area contributed by atoms with Gasteiger partial charge in [-0.2, -0.15) is 0 Å². The number of carbonyl (C=O) groups is 1. The van der Waals surface area contributed by atoms with E-state index < -0.39 is 0 Å². The van der Waals surface area contributed by atoms with Crippen molar-refractivity contribution in [1.82, 2.24) is 14.8 Å². The molecule has 1 heterocycles.